The van der Waals surface area contributed by atoms with Crippen LogP contribution in [0, 0.1) is 0 Å². The normalized spacial score (nSPS) is 10.8. The average Bonchev–Trinajstić information content (AvgIpc) is 2.34. The van der Waals surface area contributed by atoms with Crippen LogP contribution < -0.4 is 9.47 Å². The van der Waals surface area contributed by atoms with Gasteiger partial charge in [0.1, 0.15) is 24.7 Å². The Morgan fingerprint density at radius 1 is 1.15 bits per heavy atom. The highest BCUT2D eigenvalue weighted by Gasteiger charge is 2.30. The predicted octanol–water partition coefficient (Wildman–Crippen LogP) is 3.08. The van der Waals surface area contributed by atoms with Gasteiger partial charge in [0.05, 0.1) is 0 Å². The summed E-state index contributed by atoms with van der Waals surface area (Å²) in [6.07, 6.45) is -4.72. The Morgan fingerprint density at radius 3 is 2.20 bits per heavy atom. The number of ether oxygens (including phenoxy) is 3. The van der Waals surface area contributed by atoms with E-state index in [0.29, 0.717) is 5.75 Å². The number of hydrogen-bond donors (Lipinski definition) is 0. The molecule has 110 valence electrons. The quantitative estimate of drug-likeness (QED) is 0.459. The second-order valence-corrected chi connectivity index (χ2v) is 3.78. The van der Waals surface area contributed by atoms with Gasteiger partial charge in [0, 0.05) is 5.57 Å². The van der Waals surface area contributed by atoms with E-state index in [-0.39, 0.29) is 24.5 Å². The molecule has 0 unspecified atom stereocenters. The maximum Gasteiger partial charge on any atom is 0.573 e. The van der Waals surface area contributed by atoms with Gasteiger partial charge in [-0.05, 0) is 31.2 Å². The minimum Gasteiger partial charge on any atom is -0.490 e. The van der Waals surface area contributed by atoms with Gasteiger partial charge < -0.3 is 14.2 Å². The molecule has 7 heteroatoms. The van der Waals surface area contributed by atoms with E-state index in [1.165, 1.54) is 19.1 Å². The largest absolute Gasteiger partial charge is 0.573 e. The van der Waals surface area contributed by atoms with Gasteiger partial charge in [0.15, 0.2) is 0 Å². The van der Waals surface area contributed by atoms with Crippen molar-refractivity contribution in [2.45, 2.75) is 13.3 Å². The van der Waals surface area contributed by atoms with Crippen LogP contribution in [0.1, 0.15) is 6.92 Å². The Bertz CT molecular complexity index is 465. The van der Waals surface area contributed by atoms with Crippen LogP contribution in [-0.2, 0) is 9.53 Å². The summed E-state index contributed by atoms with van der Waals surface area (Å²) in [6.45, 7) is 5.03. The molecule has 0 aliphatic carbocycles. The highest BCUT2D eigenvalue weighted by molar-refractivity contribution is 5.86. The SMILES string of the molecule is C=C(C)C(=O)OCCOc1ccc(OC(F)(F)F)cc1. The fraction of sp³-hybridized carbons (Fsp3) is 0.308. The molecular weight excluding hydrogens is 277 g/mol. The summed E-state index contributed by atoms with van der Waals surface area (Å²) in [7, 11) is 0. The van der Waals surface area contributed by atoms with Crippen LogP contribution in [0.2, 0.25) is 0 Å². The van der Waals surface area contributed by atoms with E-state index >= 15 is 0 Å². The van der Waals surface area contributed by atoms with Crippen LogP contribution in [0.5, 0.6) is 11.5 Å². The fourth-order valence-corrected chi connectivity index (χ4v) is 1.15. The molecular formula is C13H13F3O4. The summed E-state index contributed by atoms with van der Waals surface area (Å²) < 4.78 is 49.4. The van der Waals surface area contributed by atoms with Gasteiger partial charge in [-0.15, -0.1) is 13.2 Å². The molecule has 1 aromatic rings. The first-order valence-electron chi connectivity index (χ1n) is 5.59. The van der Waals surface area contributed by atoms with Gasteiger partial charge in [0.25, 0.3) is 0 Å². The first kappa shape index (κ1) is 15.9. The van der Waals surface area contributed by atoms with Crippen molar-refractivity contribution in [1.29, 1.82) is 0 Å². The van der Waals surface area contributed by atoms with Crippen molar-refractivity contribution in [3.8, 4) is 11.5 Å². The third kappa shape index (κ3) is 6.12. The lowest BCUT2D eigenvalue weighted by Crippen LogP contribution is -2.17. The zero-order valence-electron chi connectivity index (χ0n) is 10.7. The number of carbonyl (C=O) groups excluding carboxylic acids is 1. The Hall–Kier alpha value is -2.18. The van der Waals surface area contributed by atoms with Gasteiger partial charge in [-0.3, -0.25) is 0 Å². The van der Waals surface area contributed by atoms with Crippen LogP contribution in [0.15, 0.2) is 36.4 Å². The zero-order chi connectivity index (χ0) is 15.2. The molecule has 0 radical (unpaired) electrons. The second-order valence-electron chi connectivity index (χ2n) is 3.78. The minimum atomic E-state index is -4.72. The highest BCUT2D eigenvalue weighted by Crippen LogP contribution is 2.24. The number of halogens is 3. The summed E-state index contributed by atoms with van der Waals surface area (Å²) in [5.74, 6) is -0.521. The number of esters is 1. The zero-order valence-corrected chi connectivity index (χ0v) is 10.7. The molecule has 0 atom stereocenters. The third-order valence-corrected chi connectivity index (χ3v) is 1.99. The van der Waals surface area contributed by atoms with Crippen molar-refractivity contribution in [1.82, 2.24) is 0 Å². The lowest BCUT2D eigenvalue weighted by molar-refractivity contribution is -0.274. The summed E-state index contributed by atoms with van der Waals surface area (Å²) in [5, 5.41) is 0. The van der Waals surface area contributed by atoms with Crippen molar-refractivity contribution in [3.05, 3.63) is 36.4 Å². The van der Waals surface area contributed by atoms with Gasteiger partial charge in [-0.25, -0.2) is 4.79 Å². The molecule has 0 amide bonds. The predicted molar refractivity (Wildman–Crippen MR) is 64.4 cm³/mol. The van der Waals surface area contributed by atoms with E-state index in [1.807, 2.05) is 0 Å². The molecule has 0 fully saturated rings. The number of rotatable bonds is 6. The van der Waals surface area contributed by atoms with Gasteiger partial charge in [0.2, 0.25) is 0 Å². The van der Waals surface area contributed by atoms with Gasteiger partial charge in [-0.2, -0.15) is 0 Å². The van der Waals surface area contributed by atoms with E-state index in [0.717, 1.165) is 12.1 Å². The number of benzene rings is 1. The Balaban J connectivity index is 2.35. The first-order chi connectivity index (χ1) is 9.28. The standard InChI is InChI=1S/C13H13F3O4/c1-9(2)12(17)19-8-7-18-10-3-5-11(6-4-10)20-13(14,15)16/h3-6H,1,7-8H2,2H3. The van der Waals surface area contributed by atoms with Crippen LogP contribution in [0.4, 0.5) is 13.2 Å². The maximum absolute atomic E-state index is 11.9. The van der Waals surface area contributed by atoms with E-state index in [1.54, 1.807) is 0 Å². The molecule has 1 rings (SSSR count). The summed E-state index contributed by atoms with van der Waals surface area (Å²) in [4.78, 5) is 11.0. The van der Waals surface area contributed by atoms with Crippen LogP contribution in [-0.4, -0.2) is 25.5 Å². The van der Waals surface area contributed by atoms with Crippen LogP contribution >= 0.6 is 0 Å². The number of alkyl halides is 3. The number of hydrogen-bond acceptors (Lipinski definition) is 4. The molecule has 0 saturated carbocycles. The molecule has 0 spiro atoms. The molecule has 4 nitrogen and oxygen atoms in total. The monoisotopic (exact) mass is 290 g/mol. The second kappa shape index (κ2) is 6.83. The van der Waals surface area contributed by atoms with Crippen molar-refractivity contribution in [3.63, 3.8) is 0 Å². The molecule has 0 saturated heterocycles. The molecule has 0 aliphatic rings. The molecule has 0 aliphatic heterocycles. The highest BCUT2D eigenvalue weighted by atomic mass is 19.4. The summed E-state index contributed by atoms with van der Waals surface area (Å²) in [5.41, 5.74) is 0.277. The van der Waals surface area contributed by atoms with Crippen LogP contribution in [0.3, 0.4) is 0 Å². The molecule has 1 aromatic carbocycles. The lowest BCUT2D eigenvalue weighted by atomic mass is 10.3. The Labute approximate surface area is 113 Å². The Kier molecular flexibility index (Phi) is 5.42. The number of carbonyl (C=O) groups is 1. The third-order valence-electron chi connectivity index (χ3n) is 1.99. The molecule has 0 heterocycles. The molecule has 0 bridgehead atoms. The van der Waals surface area contributed by atoms with Gasteiger partial charge in [-0.1, -0.05) is 6.58 Å². The summed E-state index contributed by atoms with van der Waals surface area (Å²) in [6, 6.07) is 4.90. The first-order valence-corrected chi connectivity index (χ1v) is 5.59. The maximum atomic E-state index is 11.9. The smallest absolute Gasteiger partial charge is 0.490 e. The minimum absolute atomic E-state index is 0.0203. The fourth-order valence-electron chi connectivity index (χ4n) is 1.15. The van der Waals surface area contributed by atoms with Crippen LogP contribution in [0.25, 0.3) is 0 Å². The van der Waals surface area contributed by atoms with E-state index in [2.05, 4.69) is 11.3 Å². The Morgan fingerprint density at radius 2 is 1.70 bits per heavy atom. The van der Waals surface area contributed by atoms with Crippen molar-refractivity contribution >= 4 is 5.97 Å². The van der Waals surface area contributed by atoms with E-state index in [9.17, 15) is 18.0 Å². The van der Waals surface area contributed by atoms with E-state index in [4.69, 9.17) is 9.47 Å². The van der Waals surface area contributed by atoms with E-state index < -0.39 is 12.3 Å². The molecule has 0 aromatic heterocycles. The van der Waals surface area contributed by atoms with Crippen molar-refractivity contribution in [2.75, 3.05) is 13.2 Å². The average molecular weight is 290 g/mol. The van der Waals surface area contributed by atoms with Gasteiger partial charge >= 0.3 is 12.3 Å². The molecule has 20 heavy (non-hydrogen) atoms. The topological polar surface area (TPSA) is 44.8 Å². The molecule has 0 N–H and O–H groups in total. The van der Waals surface area contributed by atoms with Crippen molar-refractivity contribution < 1.29 is 32.2 Å². The van der Waals surface area contributed by atoms with Crippen molar-refractivity contribution in [2.24, 2.45) is 0 Å². The lowest BCUT2D eigenvalue weighted by Gasteiger charge is -2.10. The summed E-state index contributed by atoms with van der Waals surface area (Å²) >= 11 is 0.